The third kappa shape index (κ3) is 4.82. The van der Waals surface area contributed by atoms with Gasteiger partial charge in [0.25, 0.3) is 11.1 Å². The number of aromatic nitrogens is 1. The third-order valence-electron chi connectivity index (χ3n) is 5.80. The van der Waals surface area contributed by atoms with Gasteiger partial charge in [0, 0.05) is 44.8 Å². The highest BCUT2D eigenvalue weighted by Crippen LogP contribution is 2.34. The molecule has 0 unspecified atom stereocenters. The van der Waals surface area contributed by atoms with Gasteiger partial charge in [-0.3, -0.25) is 19.3 Å². The molecule has 180 valence electrons. The van der Waals surface area contributed by atoms with Crippen LogP contribution in [0.2, 0.25) is 10.0 Å². The van der Waals surface area contributed by atoms with E-state index in [1.807, 2.05) is 35.0 Å². The van der Waals surface area contributed by atoms with E-state index in [1.165, 1.54) is 12.1 Å². The van der Waals surface area contributed by atoms with Crippen molar-refractivity contribution in [2.45, 2.75) is 6.54 Å². The highest BCUT2D eigenvalue weighted by atomic mass is 35.5. The van der Waals surface area contributed by atoms with Crippen LogP contribution in [0.25, 0.3) is 17.0 Å². The van der Waals surface area contributed by atoms with E-state index in [4.69, 9.17) is 23.2 Å². The van der Waals surface area contributed by atoms with Gasteiger partial charge < -0.3 is 4.57 Å². The summed E-state index contributed by atoms with van der Waals surface area (Å²) in [7, 11) is 0. The average molecular weight is 539 g/mol. The second-order valence-corrected chi connectivity index (χ2v) is 10.00. The zero-order valence-electron chi connectivity index (χ0n) is 18.6. The number of Topliss-reactive ketones (excluding diaryl/α,β-unsaturated/α-hetero) is 1. The van der Waals surface area contributed by atoms with Gasteiger partial charge in [0.15, 0.2) is 5.78 Å². The number of thioether (sulfide) groups is 1. The molecule has 5 rings (SSSR count). The summed E-state index contributed by atoms with van der Waals surface area (Å²) >= 11 is 12.9. The van der Waals surface area contributed by atoms with Crippen LogP contribution < -0.4 is 0 Å². The van der Waals surface area contributed by atoms with Gasteiger partial charge in [0.2, 0.25) is 0 Å². The minimum Gasteiger partial charge on any atom is -0.342 e. The Hall–Kier alpha value is -3.39. The first-order valence-corrected chi connectivity index (χ1v) is 12.4. The Morgan fingerprint density at radius 1 is 1.00 bits per heavy atom. The Kier molecular flexibility index (Phi) is 6.71. The summed E-state index contributed by atoms with van der Waals surface area (Å²) in [5, 5.41) is 1.18. The molecule has 1 aliphatic heterocycles. The molecule has 0 bridgehead atoms. The van der Waals surface area contributed by atoms with Crippen molar-refractivity contribution in [2.75, 3.05) is 6.54 Å². The smallest absolute Gasteiger partial charge is 0.293 e. The number of benzene rings is 3. The lowest BCUT2D eigenvalue weighted by Gasteiger charge is -2.11. The van der Waals surface area contributed by atoms with E-state index < -0.39 is 17.0 Å². The molecule has 1 fully saturated rings. The maximum atomic E-state index is 13.5. The van der Waals surface area contributed by atoms with Gasteiger partial charge in [-0.05, 0) is 65.9 Å². The molecule has 1 aromatic heterocycles. The number of carbonyl (C=O) groups is 3. The first-order chi connectivity index (χ1) is 17.3. The predicted octanol–water partition coefficient (Wildman–Crippen LogP) is 7.05. The van der Waals surface area contributed by atoms with Gasteiger partial charge in [-0.2, -0.15) is 0 Å². The van der Waals surface area contributed by atoms with Crippen LogP contribution in [0, 0.1) is 5.82 Å². The minimum absolute atomic E-state index is 0.228. The number of para-hydroxylation sites is 1. The van der Waals surface area contributed by atoms with Gasteiger partial charge in [-0.25, -0.2) is 4.39 Å². The molecule has 0 N–H and O–H groups in total. The Labute approximate surface area is 220 Å². The zero-order valence-corrected chi connectivity index (χ0v) is 20.9. The zero-order chi connectivity index (χ0) is 25.4. The molecular weight excluding hydrogens is 522 g/mol. The van der Waals surface area contributed by atoms with Gasteiger partial charge >= 0.3 is 0 Å². The normalized spacial score (nSPS) is 14.9. The number of halogens is 3. The molecule has 4 aromatic rings. The summed E-state index contributed by atoms with van der Waals surface area (Å²) in [6, 6.07) is 18.2. The summed E-state index contributed by atoms with van der Waals surface area (Å²) in [5.41, 5.74) is 2.73. The van der Waals surface area contributed by atoms with Crippen LogP contribution in [0.15, 0.2) is 77.8 Å². The third-order valence-corrected chi connectivity index (χ3v) is 7.31. The molecule has 1 aliphatic rings. The number of imide groups is 1. The number of hydrogen-bond acceptors (Lipinski definition) is 4. The molecular formula is C27H17Cl2FN2O3S. The Bertz CT molecular complexity index is 1560. The molecule has 1 saturated heterocycles. The lowest BCUT2D eigenvalue weighted by atomic mass is 10.1. The van der Waals surface area contributed by atoms with Crippen LogP contribution in [0.3, 0.4) is 0 Å². The quantitative estimate of drug-likeness (QED) is 0.195. The summed E-state index contributed by atoms with van der Waals surface area (Å²) in [6.45, 7) is 0.0407. The summed E-state index contributed by atoms with van der Waals surface area (Å²) in [6.07, 6.45) is 3.51. The fraction of sp³-hybridized carbons (Fsp3) is 0.0741. The summed E-state index contributed by atoms with van der Waals surface area (Å²) < 4.78 is 15.4. The fourth-order valence-electron chi connectivity index (χ4n) is 4.00. The maximum Gasteiger partial charge on any atom is 0.293 e. The molecule has 0 radical (unpaired) electrons. The van der Waals surface area contributed by atoms with Crippen LogP contribution in [0.4, 0.5) is 9.18 Å². The standard InChI is InChI=1S/C27H17Cl2FN2O3S/c28-19-8-5-16(6-9-19)24(33)15-32-26(34)25(36-27(32)35)11-18-14-31(23-4-2-1-3-21(18)23)13-17-7-10-20(30)12-22(17)29/h1-12,14H,13,15H2/b25-11-. The summed E-state index contributed by atoms with van der Waals surface area (Å²) in [4.78, 5) is 39.4. The van der Waals surface area contributed by atoms with Crippen molar-refractivity contribution in [3.05, 3.63) is 110 Å². The predicted molar refractivity (Wildman–Crippen MR) is 141 cm³/mol. The summed E-state index contributed by atoms with van der Waals surface area (Å²) in [5.74, 6) is -1.29. The Morgan fingerprint density at radius 2 is 1.75 bits per heavy atom. The number of rotatable bonds is 6. The molecule has 3 aromatic carbocycles. The molecule has 2 heterocycles. The molecule has 0 atom stereocenters. The number of carbonyl (C=O) groups excluding carboxylic acids is 3. The topological polar surface area (TPSA) is 59.4 Å². The van der Waals surface area contributed by atoms with Gasteiger partial charge in [0.05, 0.1) is 11.4 Å². The van der Waals surface area contributed by atoms with Crippen molar-refractivity contribution in [1.29, 1.82) is 0 Å². The Morgan fingerprint density at radius 3 is 2.50 bits per heavy atom. The van der Waals surface area contributed by atoms with E-state index in [0.717, 1.165) is 38.7 Å². The second-order valence-electron chi connectivity index (χ2n) is 8.16. The molecule has 9 heteroatoms. The average Bonchev–Trinajstić information content (AvgIpc) is 3.33. The first kappa shape index (κ1) is 24.3. The van der Waals surface area contributed by atoms with Crippen LogP contribution in [-0.2, 0) is 11.3 Å². The van der Waals surface area contributed by atoms with Gasteiger partial charge in [0.1, 0.15) is 5.82 Å². The lowest BCUT2D eigenvalue weighted by Crippen LogP contribution is -2.33. The van der Waals surface area contributed by atoms with Crippen LogP contribution in [0.5, 0.6) is 0 Å². The minimum atomic E-state index is -0.522. The maximum absolute atomic E-state index is 13.5. The van der Waals surface area contributed by atoms with Crippen molar-refractivity contribution in [1.82, 2.24) is 9.47 Å². The van der Waals surface area contributed by atoms with Crippen LogP contribution in [0.1, 0.15) is 21.5 Å². The van der Waals surface area contributed by atoms with E-state index in [1.54, 1.807) is 36.4 Å². The second kappa shape index (κ2) is 9.93. The van der Waals surface area contributed by atoms with Crippen molar-refractivity contribution in [3.63, 3.8) is 0 Å². The van der Waals surface area contributed by atoms with E-state index >= 15 is 0 Å². The SMILES string of the molecule is O=C(CN1C(=O)S/C(=C\c2cn(Cc3ccc(F)cc3Cl)c3ccccc23)C1=O)c1ccc(Cl)cc1. The number of hydrogen-bond donors (Lipinski definition) is 0. The van der Waals surface area contributed by atoms with Crippen molar-refractivity contribution < 1.29 is 18.8 Å². The highest BCUT2D eigenvalue weighted by molar-refractivity contribution is 8.18. The number of fused-ring (bicyclic) bond motifs is 1. The van der Waals surface area contributed by atoms with Crippen molar-refractivity contribution >= 4 is 68.9 Å². The van der Waals surface area contributed by atoms with Crippen LogP contribution >= 0.6 is 35.0 Å². The highest BCUT2D eigenvalue weighted by Gasteiger charge is 2.36. The molecule has 0 saturated carbocycles. The van der Waals surface area contributed by atoms with Crippen LogP contribution in [-0.4, -0.2) is 32.9 Å². The molecule has 0 spiro atoms. The van der Waals surface area contributed by atoms with Gasteiger partial charge in [-0.1, -0.05) is 47.5 Å². The van der Waals surface area contributed by atoms with E-state index in [-0.39, 0.29) is 17.2 Å². The molecule has 36 heavy (non-hydrogen) atoms. The van der Waals surface area contributed by atoms with Gasteiger partial charge in [-0.15, -0.1) is 0 Å². The monoisotopic (exact) mass is 538 g/mol. The van der Waals surface area contributed by atoms with E-state index in [2.05, 4.69) is 0 Å². The van der Waals surface area contributed by atoms with Crippen molar-refractivity contribution in [2.24, 2.45) is 0 Å². The lowest BCUT2D eigenvalue weighted by molar-refractivity contribution is -0.122. The number of amides is 2. The van der Waals surface area contributed by atoms with E-state index in [9.17, 15) is 18.8 Å². The Balaban J connectivity index is 1.43. The number of ketones is 1. The molecule has 5 nitrogen and oxygen atoms in total. The first-order valence-electron chi connectivity index (χ1n) is 10.9. The fourth-order valence-corrected chi connectivity index (χ4v) is 5.18. The molecule has 2 amide bonds. The van der Waals surface area contributed by atoms with E-state index in [0.29, 0.717) is 22.2 Å². The van der Waals surface area contributed by atoms with Crippen molar-refractivity contribution in [3.8, 4) is 0 Å². The molecule has 0 aliphatic carbocycles. The number of nitrogens with zero attached hydrogens (tertiary/aromatic N) is 2. The largest absolute Gasteiger partial charge is 0.342 e.